The number of nitrogens with one attached hydrogen (secondary N) is 1. The third kappa shape index (κ3) is 4.67. The van der Waals surface area contributed by atoms with E-state index in [0.29, 0.717) is 24.2 Å². The Balaban J connectivity index is 1.53. The van der Waals surface area contributed by atoms with Gasteiger partial charge in [-0.25, -0.2) is 8.78 Å². The molecule has 1 aromatic heterocycles. The zero-order valence-electron chi connectivity index (χ0n) is 20.8. The Hall–Kier alpha value is -3.50. The molecule has 0 radical (unpaired) electrons. The maximum atomic E-state index is 13.9. The number of aromatic nitrogens is 2. The molecule has 3 heterocycles. The second kappa shape index (κ2) is 9.42. The molecule has 3 amide bonds. The first kappa shape index (κ1) is 25.2. The maximum Gasteiger partial charge on any atom is 0.248 e. The Kier molecular flexibility index (Phi) is 6.41. The van der Waals surface area contributed by atoms with E-state index < -0.39 is 24.1 Å². The number of rotatable bonds is 3. The molecule has 9 nitrogen and oxygen atoms in total. The van der Waals surface area contributed by atoms with E-state index in [-0.39, 0.29) is 55.1 Å². The number of hydrogen-bond acceptors (Lipinski definition) is 5. The Bertz CT molecular complexity index is 1220. The van der Waals surface area contributed by atoms with Crippen LogP contribution in [0.4, 0.5) is 25.0 Å². The van der Waals surface area contributed by atoms with Crippen molar-refractivity contribution < 1.29 is 28.3 Å². The van der Waals surface area contributed by atoms with Gasteiger partial charge in [-0.15, -0.1) is 0 Å². The summed E-state index contributed by atoms with van der Waals surface area (Å²) in [5.41, 5.74) is 2.14. The molecule has 1 aromatic carbocycles. The summed E-state index contributed by atoms with van der Waals surface area (Å²) in [6.07, 6.45) is 2.83. The zero-order chi connectivity index (χ0) is 26.5. The topological polar surface area (TPSA) is 111 Å². The minimum Gasteiger partial charge on any atom is -0.530 e. The summed E-state index contributed by atoms with van der Waals surface area (Å²) >= 11 is 0. The lowest BCUT2D eigenvalue weighted by Gasteiger charge is -2.51. The monoisotopic (exact) mass is 514 g/mol. The molecule has 5 rings (SSSR count). The molecular weight excluding hydrogens is 484 g/mol. The number of anilines is 2. The predicted octanol–water partition coefficient (Wildman–Crippen LogP) is 3.10. The summed E-state index contributed by atoms with van der Waals surface area (Å²) in [6, 6.07) is 3.86. The van der Waals surface area contributed by atoms with Crippen molar-refractivity contribution in [3.63, 3.8) is 0 Å². The molecule has 0 bridgehead atoms. The van der Waals surface area contributed by atoms with Crippen LogP contribution >= 0.6 is 0 Å². The first-order valence-electron chi connectivity index (χ1n) is 12.7. The van der Waals surface area contributed by atoms with E-state index in [1.54, 1.807) is 40.9 Å². The first-order chi connectivity index (χ1) is 17.6. The minimum atomic E-state index is -2.76. The predicted molar refractivity (Wildman–Crippen MR) is 130 cm³/mol. The number of nitrogens with zero attached hydrogens (tertiary/aromatic N) is 4. The normalized spacial score (nSPS) is 25.9. The highest BCUT2D eigenvalue weighted by atomic mass is 19.3. The van der Waals surface area contributed by atoms with Gasteiger partial charge in [-0.05, 0) is 49.8 Å². The lowest BCUT2D eigenvalue weighted by Crippen LogP contribution is -2.63. The number of carbonyl (C=O) groups is 3. The number of fused-ring (bicyclic) bond motifs is 1. The number of carbonyl (C=O) groups excluding carboxylic acids is 3. The molecule has 3 atom stereocenters. The van der Waals surface area contributed by atoms with Crippen molar-refractivity contribution in [3.05, 3.63) is 30.6 Å². The standard InChI is InChI=1S/C26H31F2N5O4/c1-15-24(17-5-8-26(27,28)9-6-17)33(25(36)37)22-11-18(3-4-21(22)32(15)16(2)34)19-13-30-31(14-19)20-7-10-29-23(35)12-20/h3-4,11,13-15,17,20,24H,5-10,12H2,1-2H3,(H,29,35)(H,36,37)/p-1/t15-,20?,24?/m0/s1. The molecule has 198 valence electrons. The van der Waals surface area contributed by atoms with Gasteiger partial charge in [0.1, 0.15) is 6.09 Å². The van der Waals surface area contributed by atoms with Crippen molar-refractivity contribution in [2.24, 2.45) is 5.92 Å². The summed E-state index contributed by atoms with van der Waals surface area (Å²) < 4.78 is 29.6. The van der Waals surface area contributed by atoms with E-state index in [1.807, 2.05) is 6.20 Å². The zero-order valence-corrected chi connectivity index (χ0v) is 20.8. The van der Waals surface area contributed by atoms with Crippen molar-refractivity contribution in [3.8, 4) is 11.1 Å². The number of piperidine rings is 1. The van der Waals surface area contributed by atoms with E-state index in [1.165, 1.54) is 6.92 Å². The van der Waals surface area contributed by atoms with Crippen LogP contribution in [0.2, 0.25) is 0 Å². The lowest BCUT2D eigenvalue weighted by molar-refractivity contribution is -0.247. The molecule has 37 heavy (non-hydrogen) atoms. The summed E-state index contributed by atoms with van der Waals surface area (Å²) in [5, 5.41) is 19.8. The summed E-state index contributed by atoms with van der Waals surface area (Å²) in [5.74, 6) is -3.39. The molecule has 1 saturated carbocycles. The van der Waals surface area contributed by atoms with E-state index in [9.17, 15) is 28.3 Å². The molecule has 2 unspecified atom stereocenters. The first-order valence-corrected chi connectivity index (χ1v) is 12.7. The Morgan fingerprint density at radius 3 is 2.49 bits per heavy atom. The largest absolute Gasteiger partial charge is 0.530 e. The average Bonchev–Trinajstić information content (AvgIpc) is 3.33. The van der Waals surface area contributed by atoms with Crippen molar-refractivity contribution >= 4 is 29.3 Å². The summed E-state index contributed by atoms with van der Waals surface area (Å²) in [7, 11) is 0. The number of benzene rings is 1. The quantitative estimate of drug-likeness (QED) is 0.677. The van der Waals surface area contributed by atoms with Crippen LogP contribution in [0.5, 0.6) is 0 Å². The number of alkyl halides is 2. The fourth-order valence-corrected chi connectivity index (χ4v) is 6.21. The maximum absolute atomic E-state index is 13.9. The van der Waals surface area contributed by atoms with Gasteiger partial charge in [0, 0.05) is 44.5 Å². The molecule has 2 aliphatic heterocycles. The number of halogens is 2. The van der Waals surface area contributed by atoms with E-state index in [2.05, 4.69) is 10.4 Å². The second-order valence-electron chi connectivity index (χ2n) is 10.4. The van der Waals surface area contributed by atoms with Gasteiger partial charge in [0.25, 0.3) is 0 Å². The van der Waals surface area contributed by atoms with Gasteiger partial charge in [-0.1, -0.05) is 6.07 Å². The average molecular weight is 515 g/mol. The van der Waals surface area contributed by atoms with Crippen molar-refractivity contribution in [1.29, 1.82) is 0 Å². The third-order valence-electron chi connectivity index (χ3n) is 8.00. The van der Waals surface area contributed by atoms with Gasteiger partial charge in [-0.3, -0.25) is 14.3 Å². The molecule has 11 heteroatoms. The molecular formula is C26H30F2N5O4-. The summed E-state index contributed by atoms with van der Waals surface area (Å²) in [6.45, 7) is 3.75. The van der Waals surface area contributed by atoms with E-state index in [4.69, 9.17) is 0 Å². The highest BCUT2D eigenvalue weighted by Gasteiger charge is 2.46. The Morgan fingerprint density at radius 1 is 1.11 bits per heavy atom. The van der Waals surface area contributed by atoms with Crippen molar-refractivity contribution in [2.75, 3.05) is 16.3 Å². The van der Waals surface area contributed by atoms with Crippen LogP contribution < -0.4 is 20.2 Å². The number of hydrogen-bond donors (Lipinski definition) is 1. The van der Waals surface area contributed by atoms with E-state index in [0.717, 1.165) is 16.9 Å². The van der Waals surface area contributed by atoms with E-state index >= 15 is 0 Å². The van der Waals surface area contributed by atoms with Crippen LogP contribution in [-0.4, -0.2) is 52.2 Å². The second-order valence-corrected chi connectivity index (χ2v) is 10.4. The van der Waals surface area contributed by atoms with Crippen LogP contribution in [0.3, 0.4) is 0 Å². The molecule has 3 aliphatic rings. The van der Waals surface area contributed by atoms with Crippen LogP contribution in [0.1, 0.15) is 58.4 Å². The lowest BCUT2D eigenvalue weighted by atomic mass is 9.77. The van der Waals surface area contributed by atoms with Crippen LogP contribution in [0, 0.1) is 5.92 Å². The molecule has 1 aliphatic carbocycles. The smallest absolute Gasteiger partial charge is 0.248 e. The minimum absolute atomic E-state index is 0.0309. The molecule has 1 saturated heterocycles. The highest BCUT2D eigenvalue weighted by Crippen LogP contribution is 2.47. The fraction of sp³-hybridized carbons (Fsp3) is 0.538. The van der Waals surface area contributed by atoms with Gasteiger partial charge in [0.05, 0.1) is 35.7 Å². The van der Waals surface area contributed by atoms with Crippen molar-refractivity contribution in [1.82, 2.24) is 15.1 Å². The van der Waals surface area contributed by atoms with Crippen molar-refractivity contribution in [2.45, 2.75) is 76.4 Å². The number of carboxylic acid groups (broad SMARTS) is 1. The Labute approximate surface area is 213 Å². The van der Waals surface area contributed by atoms with Gasteiger partial charge in [-0.2, -0.15) is 5.10 Å². The van der Waals surface area contributed by atoms with Gasteiger partial charge < -0.3 is 25.0 Å². The molecule has 2 aromatic rings. The summed E-state index contributed by atoms with van der Waals surface area (Å²) in [4.78, 5) is 39.8. The highest BCUT2D eigenvalue weighted by molar-refractivity contribution is 6.03. The van der Waals surface area contributed by atoms with Gasteiger partial charge >= 0.3 is 0 Å². The third-order valence-corrected chi connectivity index (χ3v) is 8.00. The molecule has 0 spiro atoms. The molecule has 2 fully saturated rings. The Morgan fingerprint density at radius 2 is 1.84 bits per heavy atom. The van der Waals surface area contributed by atoms with Crippen LogP contribution in [0.15, 0.2) is 30.6 Å². The van der Waals surface area contributed by atoms with Crippen LogP contribution in [-0.2, 0) is 9.59 Å². The van der Waals surface area contributed by atoms with Gasteiger partial charge in [0.2, 0.25) is 17.7 Å². The van der Waals surface area contributed by atoms with Gasteiger partial charge in [0.15, 0.2) is 0 Å². The SMILES string of the molecule is CC(=O)N1c2ccc(-c3cnn(C4CCNC(=O)C4)c3)cc2N(C(=O)[O-])C(C2CCC(F)(F)CC2)[C@@H]1C. The molecule has 1 N–H and O–H groups in total. The van der Waals surface area contributed by atoms with Crippen LogP contribution in [0.25, 0.3) is 11.1 Å². The fourth-order valence-electron chi connectivity index (χ4n) is 6.21. The number of amides is 3.